The number of carbonyl (C=O) groups is 1. The molecule has 0 radical (unpaired) electrons. The third kappa shape index (κ3) is 4.74. The maximum absolute atomic E-state index is 12.3. The normalized spacial score (nSPS) is 10.8. The minimum atomic E-state index is -0.323. The third-order valence-corrected chi connectivity index (χ3v) is 4.29. The van der Waals surface area contributed by atoms with Crippen molar-refractivity contribution in [3.05, 3.63) is 83.7 Å². The minimum Gasteiger partial charge on any atom is -0.354 e. The van der Waals surface area contributed by atoms with Crippen LogP contribution in [0.15, 0.2) is 66.9 Å². The fourth-order valence-electron chi connectivity index (χ4n) is 2.68. The van der Waals surface area contributed by atoms with Gasteiger partial charge in [-0.05, 0) is 53.4 Å². The second kappa shape index (κ2) is 7.93. The zero-order valence-corrected chi connectivity index (χ0v) is 16.2. The van der Waals surface area contributed by atoms with Crippen molar-refractivity contribution in [2.24, 2.45) is 0 Å². The molecule has 3 aromatic rings. The van der Waals surface area contributed by atoms with Gasteiger partial charge in [0.15, 0.2) is 0 Å². The Morgan fingerprint density at radius 2 is 1.68 bits per heavy atom. The van der Waals surface area contributed by atoms with Gasteiger partial charge in [-0.3, -0.25) is 4.79 Å². The van der Waals surface area contributed by atoms with Gasteiger partial charge in [-0.1, -0.05) is 39.0 Å². The molecule has 0 saturated heterocycles. The van der Waals surface area contributed by atoms with Crippen molar-refractivity contribution in [3.8, 4) is 6.07 Å². The van der Waals surface area contributed by atoms with Crippen LogP contribution in [-0.4, -0.2) is 10.9 Å². The van der Waals surface area contributed by atoms with Crippen LogP contribution in [0.4, 0.5) is 17.1 Å². The summed E-state index contributed by atoms with van der Waals surface area (Å²) in [4.78, 5) is 16.6. The van der Waals surface area contributed by atoms with Crippen molar-refractivity contribution in [3.63, 3.8) is 0 Å². The lowest BCUT2D eigenvalue weighted by Crippen LogP contribution is -2.13. The summed E-state index contributed by atoms with van der Waals surface area (Å²) in [5.74, 6) is -0.323. The molecule has 0 bridgehead atoms. The molecule has 28 heavy (non-hydrogen) atoms. The molecule has 5 nitrogen and oxygen atoms in total. The van der Waals surface area contributed by atoms with E-state index in [4.69, 9.17) is 5.26 Å². The maximum Gasteiger partial charge on any atom is 0.274 e. The van der Waals surface area contributed by atoms with Crippen LogP contribution < -0.4 is 10.6 Å². The van der Waals surface area contributed by atoms with E-state index in [1.54, 1.807) is 36.5 Å². The number of aromatic nitrogens is 1. The Labute approximate surface area is 165 Å². The van der Waals surface area contributed by atoms with Gasteiger partial charge in [-0.15, -0.1) is 0 Å². The highest BCUT2D eigenvalue weighted by Crippen LogP contribution is 2.24. The van der Waals surface area contributed by atoms with E-state index in [-0.39, 0.29) is 11.3 Å². The van der Waals surface area contributed by atoms with E-state index in [0.717, 1.165) is 11.4 Å². The van der Waals surface area contributed by atoms with Crippen molar-refractivity contribution in [2.75, 3.05) is 10.6 Å². The predicted octanol–water partition coefficient (Wildman–Crippen LogP) is 5.25. The summed E-state index contributed by atoms with van der Waals surface area (Å²) in [5.41, 5.74) is 4.49. The van der Waals surface area contributed by atoms with Crippen molar-refractivity contribution in [1.29, 1.82) is 5.26 Å². The van der Waals surface area contributed by atoms with Crippen molar-refractivity contribution in [1.82, 2.24) is 4.98 Å². The molecule has 0 aliphatic carbocycles. The lowest BCUT2D eigenvalue weighted by Gasteiger charge is -2.19. The van der Waals surface area contributed by atoms with E-state index in [9.17, 15) is 4.79 Å². The molecule has 3 rings (SSSR count). The van der Waals surface area contributed by atoms with Gasteiger partial charge in [0.1, 0.15) is 5.69 Å². The zero-order chi connectivity index (χ0) is 20.1. The van der Waals surface area contributed by atoms with Crippen LogP contribution in [0.25, 0.3) is 0 Å². The fourth-order valence-corrected chi connectivity index (χ4v) is 2.68. The van der Waals surface area contributed by atoms with Gasteiger partial charge in [0.2, 0.25) is 0 Å². The number of nitrogens with one attached hydrogen (secondary N) is 2. The minimum absolute atomic E-state index is 0.113. The Morgan fingerprint density at radius 3 is 2.29 bits per heavy atom. The summed E-state index contributed by atoms with van der Waals surface area (Å²) in [7, 11) is 0. The van der Waals surface area contributed by atoms with Crippen LogP contribution in [0.2, 0.25) is 0 Å². The van der Waals surface area contributed by atoms with Crippen LogP contribution in [-0.2, 0) is 5.41 Å². The van der Waals surface area contributed by atoms with Gasteiger partial charge in [-0.2, -0.15) is 5.26 Å². The van der Waals surface area contributed by atoms with Crippen molar-refractivity contribution < 1.29 is 4.79 Å². The van der Waals surface area contributed by atoms with Crippen molar-refractivity contribution in [2.45, 2.75) is 26.2 Å². The molecule has 0 aliphatic rings. The summed E-state index contributed by atoms with van der Waals surface area (Å²) < 4.78 is 0. The first kappa shape index (κ1) is 19.1. The first-order chi connectivity index (χ1) is 13.3. The molecule has 0 spiro atoms. The first-order valence-electron chi connectivity index (χ1n) is 9.00. The maximum atomic E-state index is 12.3. The Hall–Kier alpha value is -3.65. The largest absolute Gasteiger partial charge is 0.354 e. The molecule has 0 saturated carbocycles. The van der Waals surface area contributed by atoms with Gasteiger partial charge in [0.05, 0.1) is 23.5 Å². The van der Waals surface area contributed by atoms with Gasteiger partial charge in [0, 0.05) is 11.4 Å². The summed E-state index contributed by atoms with van der Waals surface area (Å²) in [6.45, 7) is 6.54. The highest BCUT2D eigenvalue weighted by molar-refractivity contribution is 6.03. The van der Waals surface area contributed by atoms with Crippen LogP contribution in [0.3, 0.4) is 0 Å². The molecule has 1 aromatic heterocycles. The Kier molecular flexibility index (Phi) is 5.42. The summed E-state index contributed by atoms with van der Waals surface area (Å²) >= 11 is 0. The molecule has 140 valence electrons. The summed E-state index contributed by atoms with van der Waals surface area (Å²) in [6.07, 6.45) is 1.62. The van der Waals surface area contributed by atoms with Crippen LogP contribution in [0.1, 0.15) is 42.4 Å². The highest BCUT2D eigenvalue weighted by Gasteiger charge is 2.13. The number of nitriles is 1. The second-order valence-electron chi connectivity index (χ2n) is 7.53. The number of benzene rings is 2. The average Bonchev–Trinajstić information content (AvgIpc) is 2.68. The van der Waals surface area contributed by atoms with E-state index in [0.29, 0.717) is 16.9 Å². The lowest BCUT2D eigenvalue weighted by molar-refractivity contribution is 0.102. The molecule has 0 fully saturated rings. The fraction of sp³-hybridized carbons (Fsp3) is 0.174. The molecule has 0 unspecified atom stereocenters. The Balaban J connectivity index is 1.66. The molecule has 5 heteroatoms. The topological polar surface area (TPSA) is 77.8 Å². The van der Waals surface area contributed by atoms with E-state index < -0.39 is 0 Å². The van der Waals surface area contributed by atoms with E-state index in [1.165, 1.54) is 5.56 Å². The molecule has 2 aromatic carbocycles. The number of carbonyl (C=O) groups excluding carboxylic acids is 1. The monoisotopic (exact) mass is 370 g/mol. The SMILES string of the molecule is CC(C)(C)c1ccc(Nc2ccc(C(=O)Nc3cccc(C#N)c3)nc2)cc1. The number of hydrogen-bond acceptors (Lipinski definition) is 4. The smallest absolute Gasteiger partial charge is 0.274 e. The van der Waals surface area contributed by atoms with Crippen molar-refractivity contribution >= 4 is 23.0 Å². The molecule has 1 amide bonds. The lowest BCUT2D eigenvalue weighted by atomic mass is 9.87. The molecular formula is C23H22N4O. The Morgan fingerprint density at radius 1 is 0.964 bits per heavy atom. The van der Waals surface area contributed by atoms with Gasteiger partial charge < -0.3 is 10.6 Å². The predicted molar refractivity (Wildman–Crippen MR) is 112 cm³/mol. The molecule has 0 atom stereocenters. The van der Waals surface area contributed by atoms with Crippen LogP contribution in [0.5, 0.6) is 0 Å². The number of hydrogen-bond donors (Lipinski definition) is 2. The number of pyridine rings is 1. The highest BCUT2D eigenvalue weighted by atomic mass is 16.1. The standard InChI is InChI=1S/C23H22N4O/c1-23(2,3)17-7-9-18(10-8-17)26-20-11-12-21(25-15-20)22(28)27-19-6-4-5-16(13-19)14-24/h4-13,15,26H,1-3H3,(H,27,28). The quantitative estimate of drug-likeness (QED) is 0.658. The molecule has 0 aliphatic heterocycles. The first-order valence-corrected chi connectivity index (χ1v) is 9.00. The average molecular weight is 370 g/mol. The number of rotatable bonds is 4. The van der Waals surface area contributed by atoms with E-state index in [2.05, 4.69) is 48.5 Å². The second-order valence-corrected chi connectivity index (χ2v) is 7.53. The third-order valence-electron chi connectivity index (χ3n) is 4.29. The van der Waals surface area contributed by atoms with E-state index >= 15 is 0 Å². The number of anilines is 3. The molecule has 1 heterocycles. The number of amides is 1. The Bertz CT molecular complexity index is 1010. The summed E-state index contributed by atoms with van der Waals surface area (Å²) in [5, 5.41) is 15.0. The molecule has 2 N–H and O–H groups in total. The van der Waals surface area contributed by atoms with Gasteiger partial charge in [-0.25, -0.2) is 4.98 Å². The van der Waals surface area contributed by atoms with Crippen LogP contribution >= 0.6 is 0 Å². The molecular weight excluding hydrogens is 348 g/mol. The van der Waals surface area contributed by atoms with Gasteiger partial charge in [0.25, 0.3) is 5.91 Å². The van der Waals surface area contributed by atoms with Gasteiger partial charge >= 0.3 is 0 Å². The zero-order valence-electron chi connectivity index (χ0n) is 16.2. The number of nitrogens with zero attached hydrogens (tertiary/aromatic N) is 2. The summed E-state index contributed by atoms with van der Waals surface area (Å²) in [6, 6.07) is 20.5. The van der Waals surface area contributed by atoms with Crippen LogP contribution in [0, 0.1) is 11.3 Å². The van der Waals surface area contributed by atoms with E-state index in [1.807, 2.05) is 24.3 Å².